The average Bonchev–Trinajstić information content (AvgIpc) is 3.03. The Balaban J connectivity index is 0.00000117. The molecule has 1 saturated heterocycles. The number of hydrogen-bond donors (Lipinski definition) is 1. The average molecular weight is 412 g/mol. The highest BCUT2D eigenvalue weighted by atomic mass is 35.5. The number of likely N-dealkylation sites (tertiary alicyclic amines) is 1. The van der Waals surface area contributed by atoms with Crippen molar-refractivity contribution in [2.75, 3.05) is 18.8 Å². The van der Waals surface area contributed by atoms with Gasteiger partial charge in [0.25, 0.3) is 5.91 Å². The van der Waals surface area contributed by atoms with Crippen LogP contribution in [-0.2, 0) is 0 Å². The Morgan fingerprint density at radius 2 is 2.07 bits per heavy atom. The van der Waals surface area contributed by atoms with Crippen LogP contribution in [0.15, 0.2) is 36.7 Å². The lowest BCUT2D eigenvalue weighted by Crippen LogP contribution is -2.49. The van der Waals surface area contributed by atoms with Crippen LogP contribution in [0.2, 0.25) is 5.02 Å². The molecule has 1 aromatic carbocycles. The minimum Gasteiger partial charge on any atom is -0.455 e. The first-order valence-electron chi connectivity index (χ1n) is 9.36. The summed E-state index contributed by atoms with van der Waals surface area (Å²) in [6.45, 7) is 6.78. The number of ether oxygens (including phenoxy) is 1. The van der Waals surface area contributed by atoms with Crippen LogP contribution in [-0.4, -0.2) is 33.5 Å². The molecular weight excluding hydrogens is 390 g/mol. The van der Waals surface area contributed by atoms with Crippen molar-refractivity contribution in [2.24, 2.45) is 5.92 Å². The number of benzene rings is 1. The van der Waals surface area contributed by atoms with Crippen LogP contribution in [0.25, 0.3) is 5.52 Å². The minimum atomic E-state index is -0.106. The SMILES string of the molecule is CC.Cc1c(C(=O)N2CC(C#N)C2)cn2nccc(Oc3ccc(N)c(Cl)c3)c12. The largest absolute Gasteiger partial charge is 0.455 e. The van der Waals surface area contributed by atoms with Gasteiger partial charge in [-0.1, -0.05) is 25.4 Å². The zero-order chi connectivity index (χ0) is 21.1. The molecule has 1 aliphatic rings. The number of carbonyl (C=O) groups is 1. The molecule has 0 unspecified atom stereocenters. The van der Waals surface area contributed by atoms with Gasteiger partial charge in [-0.15, -0.1) is 0 Å². The molecule has 3 heterocycles. The second kappa shape index (κ2) is 8.41. The molecule has 0 atom stereocenters. The van der Waals surface area contributed by atoms with E-state index in [1.54, 1.807) is 46.1 Å². The summed E-state index contributed by atoms with van der Waals surface area (Å²) >= 11 is 6.06. The van der Waals surface area contributed by atoms with Crippen LogP contribution in [0.4, 0.5) is 5.69 Å². The number of amides is 1. The van der Waals surface area contributed by atoms with Gasteiger partial charge in [0.05, 0.1) is 34.5 Å². The van der Waals surface area contributed by atoms with Crippen LogP contribution in [0, 0.1) is 24.2 Å². The summed E-state index contributed by atoms with van der Waals surface area (Å²) in [5.41, 5.74) is 8.22. The maximum atomic E-state index is 12.7. The van der Waals surface area contributed by atoms with Crippen LogP contribution in [0.1, 0.15) is 29.8 Å². The van der Waals surface area contributed by atoms with Gasteiger partial charge >= 0.3 is 0 Å². The van der Waals surface area contributed by atoms with E-state index in [0.717, 1.165) is 5.56 Å². The van der Waals surface area contributed by atoms with Crippen molar-refractivity contribution in [1.82, 2.24) is 14.5 Å². The summed E-state index contributed by atoms with van der Waals surface area (Å²) in [6, 6.07) is 8.94. The summed E-state index contributed by atoms with van der Waals surface area (Å²) in [5.74, 6) is 0.904. The van der Waals surface area contributed by atoms with E-state index in [2.05, 4.69) is 11.2 Å². The van der Waals surface area contributed by atoms with Crippen molar-refractivity contribution in [2.45, 2.75) is 20.8 Å². The van der Waals surface area contributed by atoms with Crippen molar-refractivity contribution < 1.29 is 9.53 Å². The molecule has 1 fully saturated rings. The Bertz CT molecular complexity index is 1100. The molecule has 0 radical (unpaired) electrons. The lowest BCUT2D eigenvalue weighted by atomic mass is 10.0. The molecular formula is C21H22ClN5O2. The third-order valence-electron chi connectivity index (χ3n) is 4.67. The van der Waals surface area contributed by atoms with E-state index in [0.29, 0.717) is 46.4 Å². The molecule has 1 aliphatic heterocycles. The molecule has 3 aromatic rings. The first-order valence-corrected chi connectivity index (χ1v) is 9.74. The van der Waals surface area contributed by atoms with E-state index in [9.17, 15) is 4.79 Å². The summed E-state index contributed by atoms with van der Waals surface area (Å²) in [6.07, 6.45) is 3.29. The number of carbonyl (C=O) groups excluding carboxylic acids is 1. The molecule has 4 rings (SSSR count). The molecule has 0 bridgehead atoms. The lowest BCUT2D eigenvalue weighted by Gasteiger charge is -2.35. The van der Waals surface area contributed by atoms with E-state index in [-0.39, 0.29) is 11.8 Å². The molecule has 2 N–H and O–H groups in total. The van der Waals surface area contributed by atoms with Crippen LogP contribution in [0.3, 0.4) is 0 Å². The predicted octanol–water partition coefficient (Wildman–Crippen LogP) is 4.29. The van der Waals surface area contributed by atoms with Gasteiger partial charge in [0.2, 0.25) is 0 Å². The second-order valence-electron chi connectivity index (χ2n) is 6.48. The number of nitrogens with two attached hydrogens (primary N) is 1. The standard InChI is InChI=1S/C19H16ClN5O2.C2H6/c1-11-14(19(26)24-8-12(7-21)9-24)10-25-18(11)17(4-5-23-25)27-13-2-3-16(22)15(20)6-13;1-2/h2-6,10,12H,8-9,22H2,1H3;1-2H3. The number of rotatable bonds is 3. The minimum absolute atomic E-state index is 0.0847. The van der Waals surface area contributed by atoms with Gasteiger partial charge in [0, 0.05) is 31.4 Å². The van der Waals surface area contributed by atoms with Crippen molar-refractivity contribution in [3.05, 3.63) is 52.8 Å². The van der Waals surface area contributed by atoms with Crippen molar-refractivity contribution >= 4 is 28.7 Å². The van der Waals surface area contributed by atoms with E-state index in [1.165, 1.54) is 0 Å². The fraction of sp³-hybridized carbons (Fsp3) is 0.286. The van der Waals surface area contributed by atoms with Crippen LogP contribution < -0.4 is 10.5 Å². The van der Waals surface area contributed by atoms with Gasteiger partial charge in [-0.25, -0.2) is 4.52 Å². The van der Waals surface area contributed by atoms with Gasteiger partial charge < -0.3 is 15.4 Å². The van der Waals surface area contributed by atoms with E-state index in [1.807, 2.05) is 20.8 Å². The Hall–Kier alpha value is -3.24. The topological polar surface area (TPSA) is 96.7 Å². The molecule has 0 saturated carbocycles. The summed E-state index contributed by atoms with van der Waals surface area (Å²) in [4.78, 5) is 14.4. The fourth-order valence-corrected chi connectivity index (χ4v) is 3.29. The van der Waals surface area contributed by atoms with Crippen LogP contribution in [0.5, 0.6) is 11.5 Å². The number of aryl methyl sites for hydroxylation is 1. The van der Waals surface area contributed by atoms with Crippen LogP contribution >= 0.6 is 11.6 Å². The number of aromatic nitrogens is 2. The molecule has 2 aromatic heterocycles. The molecule has 8 heteroatoms. The summed E-state index contributed by atoms with van der Waals surface area (Å²) < 4.78 is 7.59. The fourth-order valence-electron chi connectivity index (χ4n) is 3.12. The highest BCUT2D eigenvalue weighted by molar-refractivity contribution is 6.33. The normalized spacial score (nSPS) is 13.3. The van der Waals surface area contributed by atoms with Gasteiger partial charge in [0.15, 0.2) is 5.75 Å². The third-order valence-corrected chi connectivity index (χ3v) is 5.00. The Morgan fingerprint density at radius 1 is 1.34 bits per heavy atom. The maximum Gasteiger partial charge on any atom is 0.255 e. The highest BCUT2D eigenvalue weighted by Crippen LogP contribution is 2.33. The summed E-state index contributed by atoms with van der Waals surface area (Å²) in [7, 11) is 0. The number of anilines is 1. The number of halogens is 1. The summed E-state index contributed by atoms with van der Waals surface area (Å²) in [5, 5.41) is 13.6. The number of fused-ring (bicyclic) bond motifs is 1. The lowest BCUT2D eigenvalue weighted by molar-refractivity contribution is 0.0576. The zero-order valence-electron chi connectivity index (χ0n) is 16.5. The van der Waals surface area contributed by atoms with Gasteiger partial charge in [-0.2, -0.15) is 10.4 Å². The number of hydrogen-bond acceptors (Lipinski definition) is 5. The van der Waals surface area contributed by atoms with E-state index in [4.69, 9.17) is 27.3 Å². The van der Waals surface area contributed by atoms with Gasteiger partial charge in [-0.05, 0) is 24.6 Å². The monoisotopic (exact) mass is 411 g/mol. The second-order valence-corrected chi connectivity index (χ2v) is 6.89. The van der Waals surface area contributed by atoms with Gasteiger partial charge in [-0.3, -0.25) is 4.79 Å². The van der Waals surface area contributed by atoms with Gasteiger partial charge in [0.1, 0.15) is 11.3 Å². The van der Waals surface area contributed by atoms with Crippen molar-refractivity contribution in [3.63, 3.8) is 0 Å². The van der Waals surface area contributed by atoms with E-state index >= 15 is 0 Å². The highest BCUT2D eigenvalue weighted by Gasteiger charge is 2.32. The Kier molecular flexibility index (Phi) is 5.95. The quantitative estimate of drug-likeness (QED) is 0.648. The smallest absolute Gasteiger partial charge is 0.255 e. The molecule has 7 nitrogen and oxygen atoms in total. The molecule has 1 amide bonds. The number of nitrogen functional groups attached to an aromatic ring is 1. The Morgan fingerprint density at radius 3 is 2.72 bits per heavy atom. The molecule has 0 spiro atoms. The third kappa shape index (κ3) is 3.84. The molecule has 29 heavy (non-hydrogen) atoms. The maximum absolute atomic E-state index is 12.7. The van der Waals surface area contributed by atoms with E-state index < -0.39 is 0 Å². The number of nitrogens with zero attached hydrogens (tertiary/aromatic N) is 4. The van der Waals surface area contributed by atoms with Crippen molar-refractivity contribution in [3.8, 4) is 17.6 Å². The van der Waals surface area contributed by atoms with Crippen molar-refractivity contribution in [1.29, 1.82) is 5.26 Å². The molecule has 0 aliphatic carbocycles. The number of nitriles is 1. The Labute approximate surface area is 174 Å². The first-order chi connectivity index (χ1) is 14.0. The predicted molar refractivity (Wildman–Crippen MR) is 112 cm³/mol. The zero-order valence-corrected chi connectivity index (χ0v) is 17.3. The molecule has 150 valence electrons. The first kappa shape index (κ1) is 20.5.